The van der Waals surface area contributed by atoms with Crippen LogP contribution in [-0.4, -0.2) is 41.2 Å². The smallest absolute Gasteiger partial charge is 0.242 e. The Morgan fingerprint density at radius 1 is 1.15 bits per heavy atom. The Morgan fingerprint density at radius 3 is 2.62 bits per heavy atom. The van der Waals surface area contributed by atoms with Crippen LogP contribution >= 0.6 is 34.5 Å². The molecule has 2 aromatic rings. The van der Waals surface area contributed by atoms with E-state index in [1.807, 2.05) is 17.0 Å². The molecule has 2 amide bonds. The highest BCUT2D eigenvalue weighted by atomic mass is 35.5. The summed E-state index contributed by atoms with van der Waals surface area (Å²) >= 11 is 14.5. The molecule has 34 heavy (non-hydrogen) atoms. The third-order valence-electron chi connectivity index (χ3n) is 7.05. The highest BCUT2D eigenvalue weighted by Gasteiger charge is 2.35. The second-order valence-corrected chi connectivity index (χ2v) is 11.9. The molecule has 1 saturated carbocycles. The minimum Gasteiger partial charge on any atom is -0.333 e. The van der Waals surface area contributed by atoms with Crippen molar-refractivity contribution < 1.29 is 9.59 Å². The number of fused-ring (bicyclic) bond motifs is 1. The van der Waals surface area contributed by atoms with Crippen molar-refractivity contribution in [2.45, 2.75) is 64.8 Å². The van der Waals surface area contributed by atoms with E-state index < -0.39 is 0 Å². The molecule has 1 aliphatic carbocycles. The summed E-state index contributed by atoms with van der Waals surface area (Å²) in [6, 6.07) is 7.30. The average molecular weight is 522 g/mol. The fraction of sp³-hybridized carbons (Fsp3) is 0.556. The van der Waals surface area contributed by atoms with Gasteiger partial charge in [-0.25, -0.2) is 0 Å². The molecule has 0 saturated heterocycles. The Bertz CT molecular complexity index is 1020. The number of carbonyl (C=O) groups is 2. The average Bonchev–Trinajstić information content (AvgIpc) is 3.48. The van der Waals surface area contributed by atoms with Gasteiger partial charge in [-0.1, -0.05) is 68.8 Å². The zero-order valence-electron chi connectivity index (χ0n) is 20.1. The standard InChI is InChI=1S/C27H34Cl2N2O2S/c1-18(2)16-30(25(32)10-7-19-5-3-4-6-19)17-26(33)31-13-11-24-22(12-14-34-24)27(31)21-9-8-20(28)15-23(21)29/h8-9,12,14-15,18-19,27H,3-7,10-11,13,16-17H2,1-2H3. The van der Waals surface area contributed by atoms with Crippen molar-refractivity contribution >= 4 is 46.4 Å². The summed E-state index contributed by atoms with van der Waals surface area (Å²) in [6.07, 6.45) is 7.31. The van der Waals surface area contributed by atoms with Gasteiger partial charge in [0.25, 0.3) is 0 Å². The van der Waals surface area contributed by atoms with E-state index in [1.165, 1.54) is 30.6 Å². The van der Waals surface area contributed by atoms with E-state index in [4.69, 9.17) is 23.2 Å². The normalized spacial score (nSPS) is 18.4. The number of amides is 2. The van der Waals surface area contributed by atoms with Crippen molar-refractivity contribution in [1.29, 1.82) is 0 Å². The summed E-state index contributed by atoms with van der Waals surface area (Å²) in [5.41, 5.74) is 2.00. The SMILES string of the molecule is CC(C)CN(CC(=O)N1CCc2sccc2C1c1ccc(Cl)cc1Cl)C(=O)CCC1CCCC1. The van der Waals surface area contributed by atoms with Gasteiger partial charge < -0.3 is 9.80 Å². The lowest BCUT2D eigenvalue weighted by atomic mass is 9.93. The quantitative estimate of drug-likeness (QED) is 0.376. The number of rotatable bonds is 8. The van der Waals surface area contributed by atoms with Crippen LogP contribution in [0, 0.1) is 11.8 Å². The van der Waals surface area contributed by atoms with E-state index in [1.54, 1.807) is 22.3 Å². The number of hydrogen-bond donors (Lipinski definition) is 0. The van der Waals surface area contributed by atoms with E-state index in [0.29, 0.717) is 41.4 Å². The molecule has 0 spiro atoms. The topological polar surface area (TPSA) is 40.6 Å². The van der Waals surface area contributed by atoms with Gasteiger partial charge in [-0.3, -0.25) is 9.59 Å². The van der Waals surface area contributed by atoms with Gasteiger partial charge in [-0.2, -0.15) is 0 Å². The Hall–Kier alpha value is -1.56. The molecular formula is C27H34Cl2N2O2S. The van der Waals surface area contributed by atoms with E-state index in [9.17, 15) is 9.59 Å². The fourth-order valence-corrected chi connectivity index (χ4v) is 6.79. The van der Waals surface area contributed by atoms with Gasteiger partial charge in [0, 0.05) is 34.4 Å². The first-order chi connectivity index (χ1) is 16.3. The summed E-state index contributed by atoms with van der Waals surface area (Å²) in [6.45, 7) is 5.51. The van der Waals surface area contributed by atoms with Gasteiger partial charge in [0.05, 0.1) is 12.6 Å². The lowest BCUT2D eigenvalue weighted by Gasteiger charge is -2.38. The van der Waals surface area contributed by atoms with E-state index in [-0.39, 0.29) is 24.4 Å². The zero-order valence-corrected chi connectivity index (χ0v) is 22.4. The van der Waals surface area contributed by atoms with Crippen molar-refractivity contribution in [3.63, 3.8) is 0 Å². The van der Waals surface area contributed by atoms with Crippen LogP contribution in [0.1, 0.15) is 74.4 Å². The molecule has 0 radical (unpaired) electrons. The van der Waals surface area contributed by atoms with Crippen LogP contribution in [0.5, 0.6) is 0 Å². The first kappa shape index (κ1) is 25.5. The molecule has 2 aliphatic rings. The number of thiophene rings is 1. The highest BCUT2D eigenvalue weighted by Crippen LogP contribution is 2.41. The van der Waals surface area contributed by atoms with E-state index in [2.05, 4.69) is 25.3 Å². The third-order valence-corrected chi connectivity index (χ3v) is 8.61. The Morgan fingerprint density at radius 2 is 1.91 bits per heavy atom. The fourth-order valence-electron chi connectivity index (χ4n) is 5.38. The van der Waals surface area contributed by atoms with Gasteiger partial charge in [0.15, 0.2) is 0 Å². The summed E-state index contributed by atoms with van der Waals surface area (Å²) in [5.74, 6) is 1.04. The van der Waals surface area contributed by atoms with Crippen LogP contribution in [0.4, 0.5) is 0 Å². The molecule has 1 aliphatic heterocycles. The second-order valence-electron chi connectivity index (χ2n) is 10.1. The van der Waals surface area contributed by atoms with Crippen LogP contribution in [0.15, 0.2) is 29.6 Å². The molecule has 1 atom stereocenters. The number of benzene rings is 1. The lowest BCUT2D eigenvalue weighted by molar-refractivity contribution is -0.142. The minimum absolute atomic E-state index is 0.0252. The maximum Gasteiger partial charge on any atom is 0.242 e. The number of carbonyl (C=O) groups excluding carboxylic acids is 2. The number of nitrogens with zero attached hydrogens (tertiary/aromatic N) is 2. The van der Waals surface area contributed by atoms with Crippen molar-refractivity contribution in [2.24, 2.45) is 11.8 Å². The molecule has 4 nitrogen and oxygen atoms in total. The molecule has 1 fully saturated rings. The molecular weight excluding hydrogens is 487 g/mol. The monoisotopic (exact) mass is 520 g/mol. The first-order valence-corrected chi connectivity index (χ1v) is 14.1. The number of hydrogen-bond acceptors (Lipinski definition) is 3. The summed E-state index contributed by atoms with van der Waals surface area (Å²) in [7, 11) is 0. The van der Waals surface area contributed by atoms with E-state index >= 15 is 0 Å². The third kappa shape index (κ3) is 5.98. The Kier molecular flexibility index (Phi) is 8.60. The zero-order chi connectivity index (χ0) is 24.2. The second kappa shape index (κ2) is 11.5. The van der Waals surface area contributed by atoms with Gasteiger partial charge in [-0.15, -0.1) is 11.3 Å². The highest BCUT2D eigenvalue weighted by molar-refractivity contribution is 7.10. The number of halogens is 2. The molecule has 4 rings (SSSR count). The Labute approximate surface area is 217 Å². The molecule has 0 bridgehead atoms. The molecule has 7 heteroatoms. The predicted molar refractivity (Wildman–Crippen MR) is 141 cm³/mol. The van der Waals surface area contributed by atoms with Crippen LogP contribution in [-0.2, 0) is 16.0 Å². The predicted octanol–water partition coefficient (Wildman–Crippen LogP) is 6.98. The van der Waals surface area contributed by atoms with E-state index in [0.717, 1.165) is 24.0 Å². The van der Waals surface area contributed by atoms with Gasteiger partial charge >= 0.3 is 0 Å². The summed E-state index contributed by atoms with van der Waals surface area (Å²) < 4.78 is 0. The molecule has 2 heterocycles. The molecule has 1 aromatic heterocycles. The first-order valence-electron chi connectivity index (χ1n) is 12.4. The van der Waals surface area contributed by atoms with Crippen LogP contribution in [0.25, 0.3) is 0 Å². The van der Waals surface area contributed by atoms with Crippen molar-refractivity contribution in [3.05, 3.63) is 55.7 Å². The lowest BCUT2D eigenvalue weighted by Crippen LogP contribution is -2.47. The maximum atomic E-state index is 13.7. The van der Waals surface area contributed by atoms with Gasteiger partial charge in [0.1, 0.15) is 0 Å². The van der Waals surface area contributed by atoms with Crippen LogP contribution in [0.3, 0.4) is 0 Å². The Balaban J connectivity index is 1.54. The van der Waals surface area contributed by atoms with Gasteiger partial charge in [0.2, 0.25) is 11.8 Å². The summed E-state index contributed by atoms with van der Waals surface area (Å²) in [4.78, 5) is 31.9. The summed E-state index contributed by atoms with van der Waals surface area (Å²) in [5, 5.41) is 3.21. The van der Waals surface area contributed by atoms with Crippen molar-refractivity contribution in [3.8, 4) is 0 Å². The maximum absolute atomic E-state index is 13.7. The van der Waals surface area contributed by atoms with Gasteiger partial charge in [-0.05, 0) is 59.4 Å². The molecule has 1 unspecified atom stereocenters. The van der Waals surface area contributed by atoms with Crippen LogP contribution < -0.4 is 0 Å². The minimum atomic E-state index is -0.262. The van der Waals surface area contributed by atoms with Crippen LogP contribution in [0.2, 0.25) is 10.0 Å². The molecule has 1 aromatic carbocycles. The molecule has 184 valence electrons. The largest absolute Gasteiger partial charge is 0.333 e. The molecule has 0 N–H and O–H groups in total. The van der Waals surface area contributed by atoms with Crippen molar-refractivity contribution in [1.82, 2.24) is 9.80 Å². The van der Waals surface area contributed by atoms with Crippen molar-refractivity contribution in [2.75, 3.05) is 19.6 Å².